The fourth-order valence-electron chi connectivity index (χ4n) is 5.08. The molecule has 2 aromatic carbocycles. The number of amides is 1. The van der Waals surface area contributed by atoms with E-state index in [1.165, 1.54) is 6.20 Å². The Labute approximate surface area is 248 Å². The summed E-state index contributed by atoms with van der Waals surface area (Å²) in [4.78, 5) is 70.0. The van der Waals surface area contributed by atoms with Crippen molar-refractivity contribution in [3.8, 4) is 0 Å². The Morgan fingerprint density at radius 2 is 1.48 bits per heavy atom. The van der Waals surface area contributed by atoms with Gasteiger partial charge in [-0.1, -0.05) is 89.2 Å². The minimum atomic E-state index is -0.884. The molecule has 222 valence electrons. The van der Waals surface area contributed by atoms with Crippen LogP contribution in [0.5, 0.6) is 0 Å². The van der Waals surface area contributed by atoms with Gasteiger partial charge in [-0.15, -0.1) is 0 Å². The van der Waals surface area contributed by atoms with Crippen LogP contribution in [0.3, 0.4) is 0 Å². The number of hydrogen-bond donors (Lipinski definition) is 1. The number of nitrogens with zero attached hydrogens (tertiary/aromatic N) is 1. The van der Waals surface area contributed by atoms with Gasteiger partial charge < -0.3 is 5.32 Å². The van der Waals surface area contributed by atoms with Crippen molar-refractivity contribution in [1.82, 2.24) is 10.3 Å². The Kier molecular flexibility index (Phi) is 11.0. The highest BCUT2D eigenvalue weighted by atomic mass is 16.2. The first-order chi connectivity index (χ1) is 19.8. The van der Waals surface area contributed by atoms with Crippen LogP contribution in [0.4, 0.5) is 0 Å². The van der Waals surface area contributed by atoms with E-state index in [0.29, 0.717) is 12.0 Å². The lowest BCUT2D eigenvalue weighted by atomic mass is 9.76. The fourth-order valence-corrected chi connectivity index (χ4v) is 5.08. The number of ketones is 4. The molecule has 7 heteroatoms. The van der Waals surface area contributed by atoms with Gasteiger partial charge in [-0.05, 0) is 35.6 Å². The van der Waals surface area contributed by atoms with Crippen LogP contribution in [0.2, 0.25) is 0 Å². The lowest BCUT2D eigenvalue weighted by Crippen LogP contribution is -2.46. The molecule has 3 atom stereocenters. The molecule has 1 N–H and O–H groups in total. The zero-order valence-electron chi connectivity index (χ0n) is 25.5. The lowest BCUT2D eigenvalue weighted by Gasteiger charge is -2.30. The Morgan fingerprint density at radius 1 is 0.833 bits per heavy atom. The number of benzene rings is 2. The Balaban J connectivity index is 1.66. The third kappa shape index (κ3) is 8.51. The molecule has 0 spiro atoms. The molecular weight excluding hydrogens is 528 g/mol. The van der Waals surface area contributed by atoms with Gasteiger partial charge in [0.1, 0.15) is 0 Å². The zero-order valence-corrected chi connectivity index (χ0v) is 25.5. The summed E-state index contributed by atoms with van der Waals surface area (Å²) in [6, 6.07) is 16.0. The van der Waals surface area contributed by atoms with Gasteiger partial charge in [-0.3, -0.25) is 29.0 Å². The topological polar surface area (TPSA) is 110 Å². The van der Waals surface area contributed by atoms with Gasteiger partial charge in [-0.2, -0.15) is 0 Å². The number of nitrogens with one attached hydrogen (secondary N) is 1. The van der Waals surface area contributed by atoms with Crippen molar-refractivity contribution in [2.24, 2.45) is 23.2 Å². The second-order valence-corrected chi connectivity index (χ2v) is 12.5. The predicted molar refractivity (Wildman–Crippen MR) is 164 cm³/mol. The molecule has 1 amide bonds. The summed E-state index contributed by atoms with van der Waals surface area (Å²) in [6.07, 6.45) is 3.57. The second-order valence-electron chi connectivity index (χ2n) is 12.5. The first kappa shape index (κ1) is 32.5. The lowest BCUT2D eigenvalue weighted by molar-refractivity contribution is -0.141. The number of fused-ring (bicyclic) bond motifs is 1. The van der Waals surface area contributed by atoms with Crippen LogP contribution >= 0.6 is 0 Å². The summed E-state index contributed by atoms with van der Waals surface area (Å²) in [6.45, 7) is 10.8. The Hall–Kier alpha value is -4.00. The van der Waals surface area contributed by atoms with Gasteiger partial charge in [0.05, 0.1) is 12.0 Å². The molecule has 1 heterocycles. The molecule has 0 bridgehead atoms. The highest BCUT2D eigenvalue weighted by molar-refractivity contribution is 6.38. The zero-order chi connectivity index (χ0) is 31.0. The summed E-state index contributed by atoms with van der Waals surface area (Å²) in [7, 11) is 0. The molecule has 42 heavy (non-hydrogen) atoms. The quantitative estimate of drug-likeness (QED) is 0.189. The maximum absolute atomic E-state index is 13.5. The van der Waals surface area contributed by atoms with Crippen molar-refractivity contribution in [3.05, 3.63) is 78.1 Å². The highest BCUT2D eigenvalue weighted by Crippen LogP contribution is 2.31. The van der Waals surface area contributed by atoms with Gasteiger partial charge in [0.25, 0.3) is 0 Å². The second kappa shape index (κ2) is 14.3. The van der Waals surface area contributed by atoms with Crippen molar-refractivity contribution >= 4 is 39.8 Å². The highest BCUT2D eigenvalue weighted by Gasteiger charge is 2.36. The van der Waals surface area contributed by atoms with Gasteiger partial charge >= 0.3 is 0 Å². The van der Waals surface area contributed by atoms with Crippen molar-refractivity contribution in [2.45, 2.75) is 73.3 Å². The van der Waals surface area contributed by atoms with E-state index in [4.69, 9.17) is 0 Å². The number of carbonyl (C=O) groups excluding carboxylic acids is 5. The third-order valence-corrected chi connectivity index (χ3v) is 7.88. The monoisotopic (exact) mass is 570 g/mol. The fraction of sp³-hybridized carbons (Fsp3) is 0.429. The first-order valence-corrected chi connectivity index (χ1v) is 14.6. The van der Waals surface area contributed by atoms with Crippen LogP contribution in [0.1, 0.15) is 76.7 Å². The van der Waals surface area contributed by atoms with E-state index in [1.54, 1.807) is 13.1 Å². The van der Waals surface area contributed by atoms with E-state index < -0.39 is 40.8 Å². The molecule has 0 aliphatic heterocycles. The predicted octanol–water partition coefficient (Wildman–Crippen LogP) is 5.98. The summed E-state index contributed by atoms with van der Waals surface area (Å²) >= 11 is 0. The molecule has 0 fully saturated rings. The van der Waals surface area contributed by atoms with Crippen LogP contribution in [-0.4, -0.2) is 40.1 Å². The molecule has 3 aromatic rings. The van der Waals surface area contributed by atoms with Crippen LogP contribution in [0.25, 0.3) is 10.8 Å². The van der Waals surface area contributed by atoms with Crippen LogP contribution in [-0.2, 0) is 25.6 Å². The van der Waals surface area contributed by atoms with Gasteiger partial charge in [0.2, 0.25) is 11.7 Å². The van der Waals surface area contributed by atoms with E-state index in [2.05, 4.69) is 10.3 Å². The number of rotatable bonds is 14. The summed E-state index contributed by atoms with van der Waals surface area (Å²) in [5.41, 5.74) is 0.854. The van der Waals surface area contributed by atoms with Gasteiger partial charge in [-0.25, -0.2) is 0 Å². The smallest absolute Gasteiger partial charge is 0.224 e. The van der Waals surface area contributed by atoms with E-state index in [-0.39, 0.29) is 36.7 Å². The van der Waals surface area contributed by atoms with Gasteiger partial charge in [0, 0.05) is 48.5 Å². The first-order valence-electron chi connectivity index (χ1n) is 14.6. The van der Waals surface area contributed by atoms with Crippen LogP contribution in [0, 0.1) is 23.2 Å². The largest absolute Gasteiger partial charge is 0.346 e. The normalized spacial score (nSPS) is 13.8. The maximum atomic E-state index is 13.5. The van der Waals surface area contributed by atoms with Crippen LogP contribution in [0.15, 0.2) is 67.0 Å². The molecule has 3 rings (SSSR count). The molecular formula is C35H42N2O5. The van der Waals surface area contributed by atoms with E-state index >= 15 is 0 Å². The van der Waals surface area contributed by atoms with Crippen molar-refractivity contribution < 1.29 is 24.0 Å². The molecule has 0 saturated carbocycles. The number of Topliss-reactive ketones (excluding diaryl/α,β-unsaturated/α-hetero) is 4. The minimum absolute atomic E-state index is 0.0467. The molecule has 0 aliphatic rings. The third-order valence-electron chi connectivity index (χ3n) is 7.88. The van der Waals surface area contributed by atoms with Crippen molar-refractivity contribution in [3.63, 3.8) is 0 Å². The van der Waals surface area contributed by atoms with Crippen molar-refractivity contribution in [2.75, 3.05) is 0 Å². The molecule has 1 aromatic heterocycles. The van der Waals surface area contributed by atoms with E-state index in [0.717, 1.165) is 16.3 Å². The average molecular weight is 571 g/mol. The Morgan fingerprint density at radius 3 is 2.12 bits per heavy atom. The molecule has 0 unspecified atom stereocenters. The average Bonchev–Trinajstić information content (AvgIpc) is 2.96. The van der Waals surface area contributed by atoms with Crippen LogP contribution < -0.4 is 5.32 Å². The van der Waals surface area contributed by atoms with E-state index in [9.17, 15) is 24.0 Å². The number of aryl methyl sites for hydroxylation is 1. The molecule has 0 radical (unpaired) electrons. The maximum Gasteiger partial charge on any atom is 0.224 e. The SMILES string of the molecule is CC(C)[C@H](CC(=O)[C@H](C)NC(=O)[C@@H](CC(=O)c1cncc2ccccc12)C(C)(C)C)C(=O)C(=O)CCc1ccccc1. The molecule has 0 aliphatic carbocycles. The number of carbonyl (C=O) groups is 5. The number of pyridine rings is 1. The van der Waals surface area contributed by atoms with E-state index in [1.807, 2.05) is 89.2 Å². The number of hydrogen-bond acceptors (Lipinski definition) is 6. The summed E-state index contributed by atoms with van der Waals surface area (Å²) < 4.78 is 0. The summed E-state index contributed by atoms with van der Waals surface area (Å²) in [5, 5.41) is 4.40. The Bertz CT molecular complexity index is 1430. The molecule has 7 nitrogen and oxygen atoms in total. The number of aromatic nitrogens is 1. The van der Waals surface area contributed by atoms with Crippen molar-refractivity contribution in [1.29, 1.82) is 0 Å². The standard InChI is InChI=1S/C35H42N2O5/c1-22(2)27(33(41)30(38)17-16-24-12-8-7-9-13-24)18-31(39)23(3)37-34(42)29(35(4,5)6)19-32(40)28-21-36-20-25-14-10-11-15-26(25)28/h7-15,20-23,27,29H,16-19H2,1-6H3,(H,37,42)/t23-,27-,29+/m0/s1. The van der Waals surface area contributed by atoms with Gasteiger partial charge in [0.15, 0.2) is 17.3 Å². The summed E-state index contributed by atoms with van der Waals surface area (Å²) in [5.74, 6) is -3.67. The molecule has 0 saturated heterocycles. The minimum Gasteiger partial charge on any atom is -0.346 e.